The van der Waals surface area contributed by atoms with E-state index in [1.807, 2.05) is 36.8 Å². The Kier molecular flexibility index (Phi) is 6.85. The van der Waals surface area contributed by atoms with Gasteiger partial charge in [-0.15, -0.1) is 0 Å². The van der Waals surface area contributed by atoms with Crippen LogP contribution in [-0.2, 0) is 32.2 Å². The second-order valence-corrected chi connectivity index (χ2v) is 8.93. The maximum atomic E-state index is 12.5. The average Bonchev–Trinajstić information content (AvgIpc) is 3.31. The highest BCUT2D eigenvalue weighted by molar-refractivity contribution is 5.99. The van der Waals surface area contributed by atoms with E-state index in [9.17, 15) is 4.79 Å². The zero-order valence-corrected chi connectivity index (χ0v) is 19.5. The molecule has 4 aromatic rings. The van der Waals surface area contributed by atoms with Crippen molar-refractivity contribution in [3.63, 3.8) is 0 Å². The normalized spacial score (nSPS) is 13.0. The molecule has 172 valence electrons. The topological polar surface area (TPSA) is 44.1 Å². The summed E-state index contributed by atoms with van der Waals surface area (Å²) in [4.78, 5) is 16.9. The van der Waals surface area contributed by atoms with Gasteiger partial charge >= 0.3 is 0 Å². The molecular formula is C30H30N2O2. The second kappa shape index (κ2) is 10.5. The van der Waals surface area contributed by atoms with E-state index in [0.29, 0.717) is 13.0 Å². The predicted molar refractivity (Wildman–Crippen MR) is 135 cm³/mol. The van der Waals surface area contributed by atoms with Gasteiger partial charge in [-0.3, -0.25) is 4.79 Å². The first-order chi connectivity index (χ1) is 16.8. The summed E-state index contributed by atoms with van der Waals surface area (Å²) in [5.41, 5.74) is 7.00. The molecule has 3 aromatic carbocycles. The number of fused-ring (bicyclic) bond motifs is 1. The Hall–Kier alpha value is -3.66. The summed E-state index contributed by atoms with van der Waals surface area (Å²) in [5.74, 6) is 1.18. The van der Waals surface area contributed by atoms with Gasteiger partial charge in [-0.2, -0.15) is 0 Å². The molecule has 0 saturated heterocycles. The SMILES string of the molecule is O=C1CCCc2c1ccc(OCCc1cncn1Cc1ccccc1)c2CCc1ccccc1. The van der Waals surface area contributed by atoms with Crippen LogP contribution in [0, 0.1) is 0 Å². The Morgan fingerprint density at radius 1 is 0.824 bits per heavy atom. The van der Waals surface area contributed by atoms with Crippen molar-refractivity contribution in [3.05, 3.63) is 119 Å². The minimum absolute atomic E-state index is 0.263. The van der Waals surface area contributed by atoms with Gasteiger partial charge in [0, 0.05) is 36.8 Å². The summed E-state index contributed by atoms with van der Waals surface area (Å²) in [6, 6.07) is 24.9. The molecule has 4 nitrogen and oxygen atoms in total. The molecule has 4 heteroatoms. The number of aromatic nitrogens is 2. The van der Waals surface area contributed by atoms with E-state index in [4.69, 9.17) is 4.74 Å². The van der Waals surface area contributed by atoms with E-state index in [1.165, 1.54) is 22.3 Å². The van der Waals surface area contributed by atoms with Gasteiger partial charge in [0.25, 0.3) is 0 Å². The fourth-order valence-electron chi connectivity index (χ4n) is 4.85. The number of nitrogens with zero attached hydrogens (tertiary/aromatic N) is 2. The van der Waals surface area contributed by atoms with E-state index in [1.54, 1.807) is 0 Å². The van der Waals surface area contributed by atoms with Crippen LogP contribution in [-0.4, -0.2) is 21.9 Å². The number of imidazole rings is 1. The number of hydrogen-bond acceptors (Lipinski definition) is 3. The van der Waals surface area contributed by atoms with E-state index in [-0.39, 0.29) is 5.78 Å². The molecule has 0 N–H and O–H groups in total. The smallest absolute Gasteiger partial charge is 0.163 e. The molecule has 1 aliphatic rings. The number of ether oxygens (including phenoxy) is 1. The second-order valence-electron chi connectivity index (χ2n) is 8.93. The van der Waals surface area contributed by atoms with Crippen LogP contribution in [0.3, 0.4) is 0 Å². The summed E-state index contributed by atoms with van der Waals surface area (Å²) in [6.45, 7) is 1.38. The van der Waals surface area contributed by atoms with Gasteiger partial charge in [-0.1, -0.05) is 60.7 Å². The van der Waals surface area contributed by atoms with Crippen molar-refractivity contribution in [2.75, 3.05) is 6.61 Å². The Labute approximate surface area is 201 Å². The van der Waals surface area contributed by atoms with Crippen LogP contribution in [0.1, 0.15) is 51.1 Å². The number of Topliss-reactive ketones (excluding diaryl/α,β-unsaturated/α-hetero) is 1. The molecule has 0 fully saturated rings. The van der Waals surface area contributed by atoms with E-state index in [2.05, 4.69) is 58.1 Å². The van der Waals surface area contributed by atoms with Crippen LogP contribution in [0.2, 0.25) is 0 Å². The molecule has 5 rings (SSSR count). The van der Waals surface area contributed by atoms with Crippen molar-refractivity contribution in [1.29, 1.82) is 0 Å². The minimum atomic E-state index is 0.263. The third-order valence-corrected chi connectivity index (χ3v) is 6.64. The molecule has 0 bridgehead atoms. The number of rotatable bonds is 9. The van der Waals surface area contributed by atoms with Crippen LogP contribution < -0.4 is 4.74 Å². The Balaban J connectivity index is 1.31. The number of benzene rings is 3. The molecule has 1 aliphatic carbocycles. The van der Waals surface area contributed by atoms with Crippen molar-refractivity contribution in [1.82, 2.24) is 9.55 Å². The molecule has 0 unspecified atom stereocenters. The van der Waals surface area contributed by atoms with Crippen molar-refractivity contribution in [2.45, 2.75) is 45.1 Å². The van der Waals surface area contributed by atoms with Gasteiger partial charge < -0.3 is 9.30 Å². The molecule has 0 saturated carbocycles. The monoisotopic (exact) mass is 450 g/mol. The number of aryl methyl sites for hydroxylation is 1. The van der Waals surface area contributed by atoms with Gasteiger partial charge in [0.1, 0.15) is 5.75 Å². The van der Waals surface area contributed by atoms with Crippen LogP contribution in [0.15, 0.2) is 85.3 Å². The fraction of sp³-hybridized carbons (Fsp3) is 0.267. The third-order valence-electron chi connectivity index (χ3n) is 6.64. The Morgan fingerprint density at radius 2 is 1.59 bits per heavy atom. The van der Waals surface area contributed by atoms with Gasteiger partial charge in [-0.25, -0.2) is 4.98 Å². The molecule has 1 heterocycles. The largest absolute Gasteiger partial charge is 0.493 e. The fourth-order valence-corrected chi connectivity index (χ4v) is 4.85. The summed E-state index contributed by atoms with van der Waals surface area (Å²) in [6.07, 6.45) is 8.93. The van der Waals surface area contributed by atoms with Gasteiger partial charge in [-0.05, 0) is 60.1 Å². The molecule has 0 atom stereocenters. The van der Waals surface area contributed by atoms with Crippen LogP contribution in [0.4, 0.5) is 0 Å². The molecule has 0 radical (unpaired) electrons. The van der Waals surface area contributed by atoms with Crippen LogP contribution in [0.25, 0.3) is 0 Å². The number of ketones is 1. The average molecular weight is 451 g/mol. The van der Waals surface area contributed by atoms with E-state index < -0.39 is 0 Å². The first-order valence-electron chi connectivity index (χ1n) is 12.2. The van der Waals surface area contributed by atoms with Crippen LogP contribution in [0.5, 0.6) is 5.75 Å². The van der Waals surface area contributed by atoms with Gasteiger partial charge in [0.2, 0.25) is 0 Å². The van der Waals surface area contributed by atoms with Crippen molar-refractivity contribution in [2.24, 2.45) is 0 Å². The highest BCUT2D eigenvalue weighted by Gasteiger charge is 2.22. The number of carbonyl (C=O) groups excluding carboxylic acids is 1. The zero-order chi connectivity index (χ0) is 23.2. The number of hydrogen-bond donors (Lipinski definition) is 0. The first kappa shape index (κ1) is 22.1. The molecule has 0 spiro atoms. The number of carbonyl (C=O) groups is 1. The lowest BCUT2D eigenvalue weighted by molar-refractivity contribution is 0.0972. The predicted octanol–water partition coefficient (Wildman–Crippen LogP) is 5.86. The standard InChI is InChI=1S/C30H30N2O2/c33-29-13-7-12-26-27(29)16-17-30(28(26)15-14-23-8-3-1-4-9-23)34-19-18-25-20-31-22-32(25)21-24-10-5-2-6-11-24/h1-6,8-11,16-17,20,22H,7,12-15,18-19,21H2. The molecule has 34 heavy (non-hydrogen) atoms. The maximum absolute atomic E-state index is 12.5. The highest BCUT2D eigenvalue weighted by atomic mass is 16.5. The molecule has 0 amide bonds. The van der Waals surface area contributed by atoms with Crippen molar-refractivity contribution in [3.8, 4) is 5.75 Å². The van der Waals surface area contributed by atoms with E-state index in [0.717, 1.165) is 55.7 Å². The summed E-state index contributed by atoms with van der Waals surface area (Å²) in [5, 5.41) is 0. The third kappa shape index (κ3) is 5.12. The minimum Gasteiger partial charge on any atom is -0.493 e. The summed E-state index contributed by atoms with van der Waals surface area (Å²) in [7, 11) is 0. The first-order valence-corrected chi connectivity index (χ1v) is 12.2. The van der Waals surface area contributed by atoms with Crippen molar-refractivity contribution < 1.29 is 9.53 Å². The lowest BCUT2D eigenvalue weighted by atomic mass is 9.85. The van der Waals surface area contributed by atoms with Crippen molar-refractivity contribution >= 4 is 5.78 Å². The molecule has 1 aromatic heterocycles. The van der Waals surface area contributed by atoms with Crippen LogP contribution >= 0.6 is 0 Å². The quantitative estimate of drug-likeness (QED) is 0.321. The maximum Gasteiger partial charge on any atom is 0.163 e. The summed E-state index contributed by atoms with van der Waals surface area (Å²) < 4.78 is 8.53. The highest BCUT2D eigenvalue weighted by Crippen LogP contribution is 2.32. The summed E-state index contributed by atoms with van der Waals surface area (Å²) >= 11 is 0. The van der Waals surface area contributed by atoms with Gasteiger partial charge in [0.05, 0.1) is 12.9 Å². The Morgan fingerprint density at radius 3 is 2.38 bits per heavy atom. The molecular weight excluding hydrogens is 420 g/mol. The molecule has 0 aliphatic heterocycles. The van der Waals surface area contributed by atoms with Gasteiger partial charge in [0.15, 0.2) is 5.78 Å². The van der Waals surface area contributed by atoms with E-state index >= 15 is 0 Å². The lowest BCUT2D eigenvalue weighted by Gasteiger charge is -2.22. The zero-order valence-electron chi connectivity index (χ0n) is 19.5. The lowest BCUT2D eigenvalue weighted by Crippen LogP contribution is -2.15. The Bertz CT molecular complexity index is 1250.